The Hall–Kier alpha value is -4.77. The third kappa shape index (κ3) is 5.09. The van der Waals surface area contributed by atoms with E-state index >= 15 is 0 Å². The first-order valence-corrected chi connectivity index (χ1v) is 20.2. The maximum Gasteiger partial charge on any atom is 0.518 e. The van der Waals surface area contributed by atoms with Crippen molar-refractivity contribution in [1.29, 1.82) is 0 Å². The summed E-state index contributed by atoms with van der Waals surface area (Å²) in [6.07, 6.45) is 0.199. The second-order valence-corrected chi connectivity index (χ2v) is 16.8. The Morgan fingerprint density at radius 2 is 1.95 bits per heavy atom. The average Bonchev–Trinajstić information content (AvgIpc) is 3.83. The number of fused-ring (bicyclic) bond motifs is 12. The first-order chi connectivity index (χ1) is 27.6. The summed E-state index contributed by atoms with van der Waals surface area (Å²) in [6.45, 7) is 7.52. The molecule has 0 radical (unpaired) electrons. The molecule has 4 bridgehead atoms. The quantitative estimate of drug-likeness (QED) is 0.125. The Kier molecular flexibility index (Phi) is 8.59. The summed E-state index contributed by atoms with van der Waals surface area (Å²) in [6, 6.07) is 7.95. The third-order valence-electron chi connectivity index (χ3n) is 13.0. The number of aromatic hydroxyl groups is 1. The number of aliphatic hydroxyl groups excluding tert-OH is 1. The van der Waals surface area contributed by atoms with Gasteiger partial charge in [-0.3, -0.25) is 19.9 Å². The number of ether oxygens (including phenoxy) is 6. The van der Waals surface area contributed by atoms with E-state index in [1.54, 1.807) is 14.0 Å². The molecule has 1 unspecified atom stereocenters. The fourth-order valence-corrected chi connectivity index (χ4v) is 12.4. The summed E-state index contributed by atoms with van der Waals surface area (Å²) in [5.74, 6) is 1.65. The van der Waals surface area contributed by atoms with Gasteiger partial charge < -0.3 is 43.6 Å². The van der Waals surface area contributed by atoms with Gasteiger partial charge in [-0.05, 0) is 56.5 Å². The summed E-state index contributed by atoms with van der Waals surface area (Å²) in [7, 11) is 3.52. The number of nitrogens with one attached hydrogen (secondary N) is 2. The van der Waals surface area contributed by atoms with Gasteiger partial charge in [0.25, 0.3) is 0 Å². The second kappa shape index (κ2) is 13.4. The molecule has 7 aliphatic rings. The molecule has 7 atom stereocenters. The van der Waals surface area contributed by atoms with E-state index in [0.717, 1.165) is 46.0 Å². The number of thioether (sulfide) groups is 1. The number of aromatic nitrogens is 1. The number of para-hydroxylation sites is 1. The molecule has 2 saturated heterocycles. The molecule has 4 aromatic rings. The van der Waals surface area contributed by atoms with Crippen LogP contribution in [0.3, 0.4) is 0 Å². The number of carbonyl (C=O) groups excluding carboxylic acids is 2. The van der Waals surface area contributed by atoms with E-state index in [4.69, 9.17) is 28.4 Å². The van der Waals surface area contributed by atoms with Crippen LogP contribution in [0.15, 0.2) is 43.2 Å². The number of Topliss-reactive ketones (excluding diaryl/α,β-unsaturated/α-hetero) is 1. The normalized spacial score (nSPS) is 28.9. The molecule has 2 fully saturated rings. The summed E-state index contributed by atoms with van der Waals surface area (Å²) < 4.78 is 35.9. The van der Waals surface area contributed by atoms with Crippen LogP contribution in [0.1, 0.15) is 62.0 Å². The highest BCUT2D eigenvalue weighted by atomic mass is 32.2. The van der Waals surface area contributed by atoms with Crippen molar-refractivity contribution in [3.8, 4) is 28.7 Å². The van der Waals surface area contributed by atoms with Crippen LogP contribution in [-0.4, -0.2) is 102 Å². The number of hydrogen-bond acceptors (Lipinski definition) is 14. The molecule has 1 spiro atoms. The lowest BCUT2D eigenvalue weighted by Gasteiger charge is -2.61. The summed E-state index contributed by atoms with van der Waals surface area (Å²) in [5.41, 5.74) is 5.86. The molecular weight excluding hydrogens is 753 g/mol. The minimum Gasteiger partial charge on any atom is -0.504 e. The van der Waals surface area contributed by atoms with Crippen molar-refractivity contribution in [3.63, 3.8) is 0 Å². The minimum absolute atomic E-state index is 0.0199. The topological polar surface area (TPSA) is 164 Å². The van der Waals surface area contributed by atoms with Crippen LogP contribution in [0.4, 0.5) is 4.79 Å². The number of hydrogen-bond donors (Lipinski definition) is 4. The van der Waals surface area contributed by atoms with E-state index < -0.39 is 41.3 Å². The van der Waals surface area contributed by atoms with E-state index in [2.05, 4.69) is 32.7 Å². The number of ketones is 1. The molecule has 11 rings (SSSR count). The molecule has 1 aromatic heterocycles. The predicted octanol–water partition coefficient (Wildman–Crippen LogP) is 4.96. The van der Waals surface area contributed by atoms with E-state index in [1.807, 2.05) is 38.2 Å². The highest BCUT2D eigenvalue weighted by Gasteiger charge is 2.61. The van der Waals surface area contributed by atoms with Crippen LogP contribution in [0.2, 0.25) is 0 Å². The maximum atomic E-state index is 14.8. The number of rotatable bonds is 3. The number of benzene rings is 3. The Balaban J connectivity index is 1.25. The molecular formula is C42H44N4O10S. The van der Waals surface area contributed by atoms with Crippen molar-refractivity contribution in [1.82, 2.24) is 20.1 Å². The van der Waals surface area contributed by atoms with Gasteiger partial charge in [0.1, 0.15) is 24.1 Å². The first-order valence-electron chi connectivity index (χ1n) is 19.2. The summed E-state index contributed by atoms with van der Waals surface area (Å²) in [4.78, 5) is 35.9. The van der Waals surface area contributed by atoms with E-state index in [-0.39, 0.29) is 49.1 Å². The van der Waals surface area contributed by atoms with Crippen molar-refractivity contribution < 1.29 is 48.2 Å². The number of phenolic OH excluding ortho intramolecular Hbond substituents is 1. The molecule has 8 heterocycles. The van der Waals surface area contributed by atoms with Crippen LogP contribution < -0.4 is 24.3 Å². The summed E-state index contributed by atoms with van der Waals surface area (Å²) >= 11 is 1.53. The highest BCUT2D eigenvalue weighted by molar-refractivity contribution is 7.99. The predicted molar refractivity (Wildman–Crippen MR) is 209 cm³/mol. The Labute approximate surface area is 333 Å². The van der Waals surface area contributed by atoms with Crippen LogP contribution in [-0.2, 0) is 32.6 Å². The van der Waals surface area contributed by atoms with Crippen LogP contribution in [0.25, 0.3) is 10.9 Å². The molecule has 7 aliphatic heterocycles. The number of carbonyl (C=O) groups is 2. The van der Waals surface area contributed by atoms with Crippen molar-refractivity contribution in [2.45, 2.75) is 67.9 Å². The van der Waals surface area contributed by atoms with Crippen LogP contribution in [0, 0.1) is 13.8 Å². The van der Waals surface area contributed by atoms with E-state index in [0.29, 0.717) is 52.5 Å². The van der Waals surface area contributed by atoms with Crippen LogP contribution in [0.5, 0.6) is 28.7 Å². The number of H-pyrrole nitrogens is 1. The van der Waals surface area contributed by atoms with Gasteiger partial charge in [0, 0.05) is 57.2 Å². The molecule has 3 aromatic carbocycles. The number of likely N-dealkylation sites (N-methyl/N-ethyl adjacent to an activating group) is 1. The monoisotopic (exact) mass is 796 g/mol. The maximum absolute atomic E-state index is 14.8. The zero-order valence-corrected chi connectivity index (χ0v) is 32.9. The molecule has 57 heavy (non-hydrogen) atoms. The van der Waals surface area contributed by atoms with Gasteiger partial charge in [0.15, 0.2) is 28.8 Å². The number of methoxy groups -OCH3 is 1. The number of aliphatic hydroxyl groups is 1. The number of aryl methyl sites for hydroxylation is 1. The van der Waals surface area contributed by atoms with Gasteiger partial charge in [-0.1, -0.05) is 30.8 Å². The highest BCUT2D eigenvalue weighted by Crippen LogP contribution is 2.64. The van der Waals surface area contributed by atoms with Crippen LogP contribution >= 0.6 is 11.8 Å². The van der Waals surface area contributed by atoms with Gasteiger partial charge in [-0.25, -0.2) is 4.79 Å². The molecule has 0 aliphatic carbocycles. The second-order valence-electron chi connectivity index (χ2n) is 15.7. The third-order valence-corrected chi connectivity index (χ3v) is 14.5. The molecule has 0 saturated carbocycles. The standard InChI is InChI=1S/C42H44N4O10S/c1-6-53-41(50)56-35-20(3)36-37(55-18-54-36)29-26-15-52-16-27(47)42(39-23(11-12-43-42)22-9-7-8-10-24(22)44-39)17-57-38(30(29)35)32-31-28-21(13-19(2)34(51-5)33(28)48)14-25(45(31)4)40(49)46(26)32/h6-10,13,25-26,31-32,38,40,43-44,48-49H,1,11-12,14-18H2,2-5H3/t25-,26-,31+,32?,38+,40-,42-/m0/s1. The fraction of sp³-hybridized carbons (Fsp3) is 0.429. The molecule has 15 heteroatoms. The first kappa shape index (κ1) is 36.6. The zero-order valence-electron chi connectivity index (χ0n) is 32.0. The van der Waals surface area contributed by atoms with Crippen molar-refractivity contribution in [3.05, 3.63) is 87.8 Å². The zero-order chi connectivity index (χ0) is 39.5. The summed E-state index contributed by atoms with van der Waals surface area (Å²) in [5, 5.41) is 28.9. The lowest BCUT2D eigenvalue weighted by atomic mass is 9.73. The molecule has 4 N–H and O–H groups in total. The molecule has 14 nitrogen and oxygen atoms in total. The SMILES string of the molecule is C=COC(=O)Oc1c(C)c2c(c3c1[C@H]1SC[C@]4(NCCc5c4[nH]c4ccccc54)C(=O)COC[C@@H]3N3C1[C@H]1c4c(cc(C)c(OC)c4O)C[C@@H]([C@@H]3O)N1C)OCO2. The Morgan fingerprint density at radius 1 is 1.14 bits per heavy atom. The molecule has 0 amide bonds. The lowest BCUT2D eigenvalue weighted by Crippen LogP contribution is -2.69. The smallest absolute Gasteiger partial charge is 0.504 e. The minimum atomic E-state index is -1.19. The average molecular weight is 797 g/mol. The van der Waals surface area contributed by atoms with E-state index in [1.165, 1.54) is 11.8 Å². The fourth-order valence-electron chi connectivity index (χ4n) is 10.6. The number of phenols is 1. The number of nitrogens with zero attached hydrogens (tertiary/aromatic N) is 2. The lowest BCUT2D eigenvalue weighted by molar-refractivity contribution is -0.181. The van der Waals surface area contributed by atoms with Gasteiger partial charge in [0.05, 0.1) is 43.4 Å². The number of aromatic amines is 1. The van der Waals surface area contributed by atoms with Crippen molar-refractivity contribution in [2.24, 2.45) is 0 Å². The van der Waals surface area contributed by atoms with Gasteiger partial charge in [-0.15, -0.1) is 11.8 Å². The number of piperazine rings is 1. The van der Waals surface area contributed by atoms with Gasteiger partial charge in [-0.2, -0.15) is 0 Å². The largest absolute Gasteiger partial charge is 0.518 e. The van der Waals surface area contributed by atoms with Crippen molar-refractivity contribution >= 4 is 34.6 Å². The Morgan fingerprint density at radius 3 is 2.75 bits per heavy atom. The van der Waals surface area contributed by atoms with Crippen molar-refractivity contribution in [2.75, 3.05) is 46.5 Å². The Bertz CT molecular complexity index is 2380. The molecule has 298 valence electrons. The van der Waals surface area contributed by atoms with E-state index in [9.17, 15) is 19.8 Å². The van der Waals surface area contributed by atoms with Gasteiger partial charge >= 0.3 is 6.16 Å². The van der Waals surface area contributed by atoms with Gasteiger partial charge in [0.2, 0.25) is 6.79 Å².